The Hall–Kier alpha value is -3.19. The number of halogens is 1. The zero-order valence-electron chi connectivity index (χ0n) is 17.3. The van der Waals surface area contributed by atoms with Crippen molar-refractivity contribution in [3.8, 4) is 0 Å². The van der Waals surface area contributed by atoms with Gasteiger partial charge in [0.25, 0.3) is 0 Å². The number of likely N-dealkylation sites (N-methyl/N-ethyl adjacent to an activating group) is 1. The third-order valence-electron chi connectivity index (χ3n) is 5.01. The van der Waals surface area contributed by atoms with Crippen LogP contribution in [-0.4, -0.2) is 43.1 Å². The summed E-state index contributed by atoms with van der Waals surface area (Å²) in [6.45, 7) is 4.03. The van der Waals surface area contributed by atoms with Crippen molar-refractivity contribution in [3.05, 3.63) is 82.8 Å². The van der Waals surface area contributed by atoms with Gasteiger partial charge in [0.05, 0.1) is 24.3 Å². The van der Waals surface area contributed by atoms with Crippen molar-refractivity contribution in [2.24, 2.45) is 0 Å². The largest absolute Gasteiger partial charge is 0.463 e. The highest BCUT2D eigenvalue weighted by molar-refractivity contribution is 5.94. The Balaban J connectivity index is 1.98. The van der Waals surface area contributed by atoms with Crippen molar-refractivity contribution in [1.82, 2.24) is 15.5 Å². The van der Waals surface area contributed by atoms with Crippen LogP contribution in [0.5, 0.6) is 0 Å². The maximum Gasteiger partial charge on any atom is 0.337 e. The molecule has 0 radical (unpaired) electrons. The molecule has 0 unspecified atom stereocenters. The van der Waals surface area contributed by atoms with E-state index < -0.39 is 12.0 Å². The number of rotatable bonds is 7. The van der Waals surface area contributed by atoms with Crippen LogP contribution in [0.3, 0.4) is 0 Å². The minimum atomic E-state index is -0.470. The molecule has 0 aliphatic carbocycles. The number of hydrogen-bond acceptors (Lipinski definition) is 4. The van der Waals surface area contributed by atoms with Gasteiger partial charge in [-0.05, 0) is 44.2 Å². The van der Waals surface area contributed by atoms with Gasteiger partial charge in [0.1, 0.15) is 5.82 Å². The van der Waals surface area contributed by atoms with Crippen LogP contribution in [0.4, 0.5) is 9.18 Å². The Morgan fingerprint density at radius 3 is 2.40 bits per heavy atom. The Morgan fingerprint density at radius 2 is 1.77 bits per heavy atom. The average molecular weight is 411 g/mol. The Kier molecular flexibility index (Phi) is 6.84. The Morgan fingerprint density at radius 1 is 1.13 bits per heavy atom. The predicted octanol–water partition coefficient (Wildman–Crippen LogP) is 3.37. The third-order valence-corrected chi connectivity index (χ3v) is 5.01. The molecule has 2 N–H and O–H groups in total. The lowest BCUT2D eigenvalue weighted by molar-refractivity contribution is -0.139. The highest BCUT2D eigenvalue weighted by Gasteiger charge is 2.31. The van der Waals surface area contributed by atoms with Gasteiger partial charge in [-0.2, -0.15) is 0 Å². The van der Waals surface area contributed by atoms with Crippen molar-refractivity contribution in [3.63, 3.8) is 0 Å². The van der Waals surface area contributed by atoms with Crippen LogP contribution in [-0.2, 0) is 9.53 Å². The van der Waals surface area contributed by atoms with Gasteiger partial charge in [-0.15, -0.1) is 0 Å². The molecule has 158 valence electrons. The standard InChI is InChI=1S/C23H26FN3O3/c1-4-30-22(28)20-15(2)25-23(29)26-19(20)14-27(3)21(16-8-6-5-7-9-16)17-10-12-18(24)13-11-17/h5-13,15,21H,4,14H2,1-3H3,(H2,25,26,29)/t15-,21-/m0/s1. The first kappa shape index (κ1) is 21.5. The van der Waals surface area contributed by atoms with Gasteiger partial charge in [-0.25, -0.2) is 14.0 Å². The first-order chi connectivity index (χ1) is 14.4. The topological polar surface area (TPSA) is 70.7 Å². The number of nitrogens with zero attached hydrogens (tertiary/aromatic N) is 1. The second-order valence-electron chi connectivity index (χ2n) is 7.21. The molecule has 0 aromatic heterocycles. The summed E-state index contributed by atoms with van der Waals surface area (Å²) in [5.41, 5.74) is 2.80. The summed E-state index contributed by atoms with van der Waals surface area (Å²) in [5, 5.41) is 5.46. The fourth-order valence-corrected chi connectivity index (χ4v) is 3.73. The van der Waals surface area contributed by atoms with E-state index in [0.717, 1.165) is 11.1 Å². The number of nitrogens with one attached hydrogen (secondary N) is 2. The number of esters is 1. The molecule has 30 heavy (non-hydrogen) atoms. The van der Waals surface area contributed by atoms with Crippen LogP contribution in [0.25, 0.3) is 0 Å². The molecule has 0 saturated heterocycles. The molecule has 1 heterocycles. The Labute approximate surface area is 175 Å². The minimum absolute atomic E-state index is 0.204. The lowest BCUT2D eigenvalue weighted by atomic mass is 9.96. The van der Waals surface area contributed by atoms with Crippen LogP contribution in [0.2, 0.25) is 0 Å². The molecule has 7 heteroatoms. The molecule has 2 atom stereocenters. The van der Waals surface area contributed by atoms with Crippen LogP contribution in [0.15, 0.2) is 65.9 Å². The highest BCUT2D eigenvalue weighted by Crippen LogP contribution is 2.29. The van der Waals surface area contributed by atoms with Crippen molar-refractivity contribution in [1.29, 1.82) is 0 Å². The number of ether oxygens (including phenoxy) is 1. The molecule has 1 aliphatic rings. The number of amides is 2. The fraction of sp³-hybridized carbons (Fsp3) is 0.304. The molecular weight excluding hydrogens is 385 g/mol. The molecule has 2 amide bonds. The summed E-state index contributed by atoms with van der Waals surface area (Å²) in [4.78, 5) is 26.6. The summed E-state index contributed by atoms with van der Waals surface area (Å²) in [6.07, 6.45) is 0. The van der Waals surface area contributed by atoms with Crippen molar-refractivity contribution in [2.45, 2.75) is 25.9 Å². The van der Waals surface area contributed by atoms with E-state index >= 15 is 0 Å². The van der Waals surface area contributed by atoms with Crippen LogP contribution < -0.4 is 10.6 Å². The van der Waals surface area contributed by atoms with Gasteiger partial charge in [0.15, 0.2) is 0 Å². The number of hydrogen-bond donors (Lipinski definition) is 2. The summed E-state index contributed by atoms with van der Waals surface area (Å²) in [5.74, 6) is -0.765. The summed E-state index contributed by atoms with van der Waals surface area (Å²) in [6, 6.07) is 15.1. The van der Waals surface area contributed by atoms with Crippen LogP contribution in [0.1, 0.15) is 31.0 Å². The predicted molar refractivity (Wildman–Crippen MR) is 112 cm³/mol. The van der Waals surface area contributed by atoms with Crippen molar-refractivity contribution >= 4 is 12.0 Å². The molecule has 2 aromatic carbocycles. The average Bonchev–Trinajstić information content (AvgIpc) is 2.70. The SMILES string of the molecule is CCOC(=O)C1=C(CN(C)[C@@H](c2ccccc2)c2ccc(F)cc2)NC(=O)N[C@H]1C. The lowest BCUT2D eigenvalue weighted by Gasteiger charge is -2.33. The molecule has 2 aromatic rings. The number of carbonyl (C=O) groups is 2. The van der Waals surface area contributed by atoms with E-state index in [-0.39, 0.29) is 24.5 Å². The Bertz CT molecular complexity index is 928. The van der Waals surface area contributed by atoms with E-state index in [2.05, 4.69) is 10.6 Å². The van der Waals surface area contributed by atoms with E-state index in [0.29, 0.717) is 17.8 Å². The van der Waals surface area contributed by atoms with Gasteiger partial charge in [0.2, 0.25) is 0 Å². The fourth-order valence-electron chi connectivity index (χ4n) is 3.73. The van der Waals surface area contributed by atoms with E-state index in [4.69, 9.17) is 4.74 Å². The molecule has 3 rings (SSSR count). The maximum absolute atomic E-state index is 13.5. The smallest absolute Gasteiger partial charge is 0.337 e. The number of urea groups is 1. The zero-order valence-corrected chi connectivity index (χ0v) is 17.3. The summed E-state index contributed by atoms with van der Waals surface area (Å²) < 4.78 is 18.7. The maximum atomic E-state index is 13.5. The highest BCUT2D eigenvalue weighted by atomic mass is 19.1. The van der Waals surface area contributed by atoms with Crippen molar-refractivity contribution < 1.29 is 18.7 Å². The molecule has 0 bridgehead atoms. The van der Waals surface area contributed by atoms with Gasteiger partial charge < -0.3 is 15.4 Å². The van der Waals surface area contributed by atoms with E-state index in [9.17, 15) is 14.0 Å². The van der Waals surface area contributed by atoms with Gasteiger partial charge in [-0.3, -0.25) is 4.90 Å². The van der Waals surface area contributed by atoms with Gasteiger partial charge >= 0.3 is 12.0 Å². The van der Waals surface area contributed by atoms with E-state index in [1.165, 1.54) is 12.1 Å². The minimum Gasteiger partial charge on any atom is -0.463 e. The van der Waals surface area contributed by atoms with Crippen LogP contribution in [0, 0.1) is 5.82 Å². The molecular formula is C23H26FN3O3. The second-order valence-corrected chi connectivity index (χ2v) is 7.21. The first-order valence-corrected chi connectivity index (χ1v) is 9.89. The van der Waals surface area contributed by atoms with Gasteiger partial charge in [0, 0.05) is 12.2 Å². The quantitative estimate of drug-likeness (QED) is 0.686. The number of carbonyl (C=O) groups excluding carboxylic acids is 2. The molecule has 6 nitrogen and oxygen atoms in total. The number of benzene rings is 2. The first-order valence-electron chi connectivity index (χ1n) is 9.89. The molecule has 1 aliphatic heterocycles. The molecule has 0 saturated carbocycles. The van der Waals surface area contributed by atoms with E-state index in [1.54, 1.807) is 26.0 Å². The van der Waals surface area contributed by atoms with Gasteiger partial charge in [-0.1, -0.05) is 42.5 Å². The monoisotopic (exact) mass is 411 g/mol. The zero-order chi connectivity index (χ0) is 21.7. The summed E-state index contributed by atoms with van der Waals surface area (Å²) in [7, 11) is 1.90. The van der Waals surface area contributed by atoms with Crippen molar-refractivity contribution in [2.75, 3.05) is 20.2 Å². The third kappa shape index (κ3) is 4.86. The second kappa shape index (κ2) is 9.54. The van der Waals surface area contributed by atoms with E-state index in [1.807, 2.05) is 42.3 Å². The lowest BCUT2D eigenvalue weighted by Crippen LogP contribution is -2.51. The van der Waals surface area contributed by atoms with Crippen LogP contribution >= 0.6 is 0 Å². The molecule has 0 fully saturated rings. The summed E-state index contributed by atoms with van der Waals surface area (Å²) >= 11 is 0. The molecule has 0 spiro atoms. The normalized spacial score (nSPS) is 17.4.